The van der Waals surface area contributed by atoms with E-state index in [9.17, 15) is 19.2 Å². The van der Waals surface area contributed by atoms with Crippen molar-refractivity contribution in [2.24, 2.45) is 5.92 Å². The normalized spacial score (nSPS) is 11.4. The third kappa shape index (κ3) is 6.87. The summed E-state index contributed by atoms with van der Waals surface area (Å²) in [6, 6.07) is 0. The lowest BCUT2D eigenvalue weighted by Gasteiger charge is -2.09. The smallest absolute Gasteiger partial charge is 0.308 e. The van der Waals surface area contributed by atoms with E-state index in [0.717, 1.165) is 5.01 Å². The summed E-state index contributed by atoms with van der Waals surface area (Å²) in [4.78, 5) is 49.2. The molecule has 23 heavy (non-hydrogen) atoms. The van der Waals surface area contributed by atoms with E-state index in [1.165, 1.54) is 18.3 Å². The fourth-order valence-corrected chi connectivity index (χ4v) is 1.97. The molecule has 1 atom stereocenters. The second-order valence-electron chi connectivity index (χ2n) is 4.75. The Bertz CT molecular complexity index is 601. The summed E-state index contributed by atoms with van der Waals surface area (Å²) in [5.74, 6) is -3.24. The van der Waals surface area contributed by atoms with Gasteiger partial charge in [0.1, 0.15) is 5.69 Å². The first-order valence-corrected chi connectivity index (χ1v) is 7.64. The Hall–Kier alpha value is -2.49. The van der Waals surface area contributed by atoms with E-state index < -0.39 is 29.6 Å². The van der Waals surface area contributed by atoms with Crippen molar-refractivity contribution < 1.29 is 24.3 Å². The molecule has 0 bridgehead atoms. The summed E-state index contributed by atoms with van der Waals surface area (Å²) in [7, 11) is 0. The first-order valence-electron chi connectivity index (χ1n) is 6.76. The van der Waals surface area contributed by atoms with Crippen molar-refractivity contribution in [1.29, 1.82) is 0 Å². The molecular weight excluding hydrogens is 324 g/mol. The quantitative estimate of drug-likeness (QED) is 0.485. The predicted octanol–water partition coefficient (Wildman–Crippen LogP) is -0.866. The summed E-state index contributed by atoms with van der Waals surface area (Å²) < 4.78 is 0. The summed E-state index contributed by atoms with van der Waals surface area (Å²) >= 11 is 1.32. The number of hydrogen-bond donors (Lipinski definition) is 4. The van der Waals surface area contributed by atoms with Crippen molar-refractivity contribution in [3.8, 4) is 0 Å². The molecule has 0 radical (unpaired) electrons. The highest BCUT2D eigenvalue weighted by Gasteiger charge is 2.13. The first-order chi connectivity index (χ1) is 10.8. The highest BCUT2D eigenvalue weighted by molar-refractivity contribution is 7.09. The molecule has 4 N–H and O–H groups in total. The fraction of sp³-hybridized carbons (Fsp3) is 0.462. The van der Waals surface area contributed by atoms with E-state index >= 15 is 0 Å². The molecule has 126 valence electrons. The molecule has 0 saturated carbocycles. The molecule has 0 aromatic carbocycles. The van der Waals surface area contributed by atoms with Gasteiger partial charge in [0.25, 0.3) is 5.91 Å². The predicted molar refractivity (Wildman–Crippen MR) is 82.0 cm³/mol. The van der Waals surface area contributed by atoms with Gasteiger partial charge in [-0.15, -0.1) is 11.3 Å². The lowest BCUT2D eigenvalue weighted by molar-refractivity contribution is -0.141. The van der Waals surface area contributed by atoms with Gasteiger partial charge in [-0.2, -0.15) is 0 Å². The minimum absolute atomic E-state index is 0.0239. The zero-order chi connectivity index (χ0) is 17.4. The molecule has 1 rings (SSSR count). The Kier molecular flexibility index (Phi) is 7.13. The number of aliphatic carboxylic acids is 1. The number of aryl methyl sites for hydroxylation is 1. The molecule has 3 amide bonds. The molecule has 9 nitrogen and oxygen atoms in total. The maximum Gasteiger partial charge on any atom is 0.308 e. The van der Waals surface area contributed by atoms with Gasteiger partial charge in [0, 0.05) is 11.9 Å². The molecule has 1 aromatic heterocycles. The Balaban J connectivity index is 2.22. The largest absolute Gasteiger partial charge is 0.481 e. The van der Waals surface area contributed by atoms with Crippen LogP contribution in [0.4, 0.5) is 0 Å². The summed E-state index contributed by atoms with van der Waals surface area (Å²) in [5.41, 5.74) is 0.237. The average Bonchev–Trinajstić information content (AvgIpc) is 2.94. The molecule has 0 aliphatic carbocycles. The van der Waals surface area contributed by atoms with Crippen LogP contribution in [0.2, 0.25) is 0 Å². The number of carboxylic acid groups (broad SMARTS) is 1. The van der Waals surface area contributed by atoms with Crippen molar-refractivity contribution in [3.63, 3.8) is 0 Å². The highest BCUT2D eigenvalue weighted by Crippen LogP contribution is 2.07. The lowest BCUT2D eigenvalue weighted by Crippen LogP contribution is -2.43. The van der Waals surface area contributed by atoms with Gasteiger partial charge in [-0.25, -0.2) is 4.98 Å². The van der Waals surface area contributed by atoms with Crippen LogP contribution in [0.1, 0.15) is 22.4 Å². The molecule has 0 aliphatic heterocycles. The topological polar surface area (TPSA) is 137 Å². The molecule has 1 heterocycles. The number of nitrogens with one attached hydrogen (secondary N) is 3. The number of thiazole rings is 1. The standard InChI is InChI=1S/C13H18N4O5S/c1-7(13(21)22)3-14-10(18)4-15-11(19)5-16-12(20)9-6-23-8(2)17-9/h6-7H,3-5H2,1-2H3,(H,14,18)(H,15,19)(H,16,20)(H,21,22). The zero-order valence-corrected chi connectivity index (χ0v) is 13.5. The van der Waals surface area contributed by atoms with Crippen LogP contribution in [0, 0.1) is 12.8 Å². The molecule has 10 heteroatoms. The molecule has 0 fully saturated rings. The SMILES string of the molecule is Cc1nc(C(=O)NCC(=O)NCC(=O)NCC(C)C(=O)O)cs1. The van der Waals surface area contributed by atoms with Gasteiger partial charge in [0.05, 0.1) is 24.0 Å². The second-order valence-corrected chi connectivity index (χ2v) is 5.82. The Morgan fingerprint density at radius 3 is 2.35 bits per heavy atom. The van der Waals surface area contributed by atoms with E-state index in [1.807, 2.05) is 0 Å². The summed E-state index contributed by atoms with van der Waals surface area (Å²) in [6.45, 7) is 2.61. The Morgan fingerprint density at radius 2 is 1.78 bits per heavy atom. The number of carboxylic acids is 1. The van der Waals surface area contributed by atoms with Crippen LogP contribution in [0.15, 0.2) is 5.38 Å². The van der Waals surface area contributed by atoms with Crippen LogP contribution in [-0.2, 0) is 14.4 Å². The van der Waals surface area contributed by atoms with Crippen molar-refractivity contribution in [2.75, 3.05) is 19.6 Å². The second kappa shape index (κ2) is 8.83. The van der Waals surface area contributed by atoms with Gasteiger partial charge in [-0.05, 0) is 6.92 Å². The summed E-state index contributed by atoms with van der Waals surface area (Å²) in [6.07, 6.45) is 0. The van der Waals surface area contributed by atoms with Gasteiger partial charge < -0.3 is 21.1 Å². The minimum atomic E-state index is -1.02. The number of amides is 3. The lowest BCUT2D eigenvalue weighted by atomic mass is 10.2. The number of aromatic nitrogens is 1. The number of carbonyl (C=O) groups excluding carboxylic acids is 3. The highest BCUT2D eigenvalue weighted by atomic mass is 32.1. The van der Waals surface area contributed by atoms with Crippen molar-refractivity contribution >= 4 is 35.0 Å². The third-order valence-corrected chi connectivity index (χ3v) is 3.51. The zero-order valence-electron chi connectivity index (χ0n) is 12.7. The van der Waals surface area contributed by atoms with Crippen molar-refractivity contribution in [3.05, 3.63) is 16.1 Å². The van der Waals surface area contributed by atoms with Crippen LogP contribution in [0.3, 0.4) is 0 Å². The minimum Gasteiger partial charge on any atom is -0.481 e. The average molecular weight is 342 g/mol. The van der Waals surface area contributed by atoms with Gasteiger partial charge in [0.15, 0.2) is 0 Å². The maximum absolute atomic E-state index is 11.7. The number of hydrogen-bond acceptors (Lipinski definition) is 6. The molecule has 1 aromatic rings. The van der Waals surface area contributed by atoms with Crippen molar-refractivity contribution in [1.82, 2.24) is 20.9 Å². The third-order valence-electron chi connectivity index (χ3n) is 2.73. The van der Waals surface area contributed by atoms with Crippen molar-refractivity contribution in [2.45, 2.75) is 13.8 Å². The van der Waals surface area contributed by atoms with E-state index in [-0.39, 0.29) is 25.3 Å². The van der Waals surface area contributed by atoms with E-state index in [1.54, 1.807) is 12.3 Å². The Morgan fingerprint density at radius 1 is 1.17 bits per heavy atom. The van der Waals surface area contributed by atoms with E-state index in [2.05, 4.69) is 20.9 Å². The number of carbonyl (C=O) groups is 4. The van der Waals surface area contributed by atoms with Gasteiger partial charge >= 0.3 is 5.97 Å². The van der Waals surface area contributed by atoms with Crippen LogP contribution >= 0.6 is 11.3 Å². The van der Waals surface area contributed by atoms with Gasteiger partial charge in [-0.1, -0.05) is 6.92 Å². The van der Waals surface area contributed by atoms with Crippen LogP contribution in [0.25, 0.3) is 0 Å². The maximum atomic E-state index is 11.7. The number of nitrogens with zero attached hydrogens (tertiary/aromatic N) is 1. The molecule has 0 spiro atoms. The molecule has 0 saturated heterocycles. The van der Waals surface area contributed by atoms with Gasteiger partial charge in [-0.3, -0.25) is 19.2 Å². The van der Waals surface area contributed by atoms with E-state index in [4.69, 9.17) is 5.11 Å². The number of rotatable bonds is 8. The van der Waals surface area contributed by atoms with Crippen LogP contribution in [0.5, 0.6) is 0 Å². The molecular formula is C13H18N4O5S. The van der Waals surface area contributed by atoms with Gasteiger partial charge in [0.2, 0.25) is 11.8 Å². The molecule has 0 aliphatic rings. The monoisotopic (exact) mass is 342 g/mol. The van der Waals surface area contributed by atoms with Crippen LogP contribution in [-0.4, -0.2) is 53.4 Å². The molecule has 1 unspecified atom stereocenters. The first kappa shape index (κ1) is 18.6. The fourth-order valence-electron chi connectivity index (χ4n) is 1.38. The summed E-state index contributed by atoms with van der Waals surface area (Å²) in [5, 5.41) is 18.1. The van der Waals surface area contributed by atoms with E-state index in [0.29, 0.717) is 0 Å². The van der Waals surface area contributed by atoms with Crippen LogP contribution < -0.4 is 16.0 Å². The Labute approximate surface area is 136 Å².